The van der Waals surface area contributed by atoms with E-state index in [2.05, 4.69) is 21.2 Å². The standard InChI is InChI=1S/C12H15BrN2O3/c1-3-15(7-11(16)17)12(18)14-9-4-5-10(13)8(2)6-9/h4-6H,3,7H2,1-2H3,(H,14,18)(H,16,17). The molecule has 0 spiro atoms. The summed E-state index contributed by atoms with van der Waals surface area (Å²) in [6.07, 6.45) is 0. The first kappa shape index (κ1) is 14.5. The zero-order valence-corrected chi connectivity index (χ0v) is 11.8. The van der Waals surface area contributed by atoms with Crippen molar-refractivity contribution in [1.82, 2.24) is 4.90 Å². The molecule has 0 heterocycles. The summed E-state index contributed by atoms with van der Waals surface area (Å²) >= 11 is 3.37. The maximum atomic E-state index is 11.8. The molecule has 0 aliphatic carbocycles. The highest BCUT2D eigenvalue weighted by atomic mass is 79.9. The van der Waals surface area contributed by atoms with Gasteiger partial charge in [0, 0.05) is 16.7 Å². The predicted molar refractivity (Wildman–Crippen MR) is 72.8 cm³/mol. The van der Waals surface area contributed by atoms with Gasteiger partial charge in [-0.3, -0.25) is 4.79 Å². The van der Waals surface area contributed by atoms with Crippen LogP contribution in [0.25, 0.3) is 0 Å². The maximum Gasteiger partial charge on any atom is 0.323 e. The molecule has 1 aromatic rings. The number of aryl methyl sites for hydroxylation is 1. The molecule has 0 bridgehead atoms. The lowest BCUT2D eigenvalue weighted by atomic mass is 10.2. The molecule has 0 saturated carbocycles. The third kappa shape index (κ3) is 4.03. The van der Waals surface area contributed by atoms with Crippen LogP contribution in [0.2, 0.25) is 0 Å². The van der Waals surface area contributed by atoms with Crippen molar-refractivity contribution in [3.05, 3.63) is 28.2 Å². The van der Waals surface area contributed by atoms with Crippen LogP contribution in [0, 0.1) is 6.92 Å². The van der Waals surface area contributed by atoms with Crippen molar-refractivity contribution in [2.75, 3.05) is 18.4 Å². The molecule has 0 aromatic heterocycles. The normalized spacial score (nSPS) is 9.94. The van der Waals surface area contributed by atoms with Gasteiger partial charge in [-0.2, -0.15) is 0 Å². The smallest absolute Gasteiger partial charge is 0.323 e. The van der Waals surface area contributed by atoms with Gasteiger partial charge < -0.3 is 15.3 Å². The number of nitrogens with one attached hydrogen (secondary N) is 1. The second kappa shape index (κ2) is 6.39. The number of rotatable bonds is 4. The minimum absolute atomic E-state index is 0.308. The Bertz CT molecular complexity index is 463. The minimum atomic E-state index is -1.03. The van der Waals surface area contributed by atoms with Gasteiger partial charge in [-0.15, -0.1) is 0 Å². The van der Waals surface area contributed by atoms with Gasteiger partial charge in [0.1, 0.15) is 6.54 Å². The molecule has 0 atom stereocenters. The molecule has 2 amide bonds. The van der Waals surface area contributed by atoms with Gasteiger partial charge in [0.25, 0.3) is 0 Å². The molecular formula is C12H15BrN2O3. The van der Waals surface area contributed by atoms with Crippen molar-refractivity contribution in [1.29, 1.82) is 0 Å². The molecule has 0 saturated heterocycles. The minimum Gasteiger partial charge on any atom is -0.480 e. The number of carbonyl (C=O) groups excluding carboxylic acids is 1. The highest BCUT2D eigenvalue weighted by Crippen LogP contribution is 2.20. The molecule has 18 heavy (non-hydrogen) atoms. The number of likely N-dealkylation sites (N-methyl/N-ethyl adjacent to an activating group) is 1. The molecule has 0 aliphatic rings. The number of amides is 2. The van der Waals surface area contributed by atoms with Crippen molar-refractivity contribution >= 4 is 33.6 Å². The Hall–Kier alpha value is -1.56. The number of carboxylic acid groups (broad SMARTS) is 1. The van der Waals surface area contributed by atoms with E-state index in [4.69, 9.17) is 5.11 Å². The van der Waals surface area contributed by atoms with Gasteiger partial charge in [0.05, 0.1) is 0 Å². The van der Waals surface area contributed by atoms with Crippen molar-refractivity contribution in [2.45, 2.75) is 13.8 Å². The quantitative estimate of drug-likeness (QED) is 0.897. The van der Waals surface area contributed by atoms with Crippen LogP contribution in [-0.4, -0.2) is 35.1 Å². The van der Waals surface area contributed by atoms with Crippen LogP contribution in [0.15, 0.2) is 22.7 Å². The van der Waals surface area contributed by atoms with Crippen molar-refractivity contribution in [2.24, 2.45) is 0 Å². The second-order valence-electron chi connectivity index (χ2n) is 3.80. The van der Waals surface area contributed by atoms with Gasteiger partial charge in [-0.05, 0) is 37.6 Å². The molecule has 98 valence electrons. The average molecular weight is 315 g/mol. The third-order valence-corrected chi connectivity index (χ3v) is 3.29. The van der Waals surface area contributed by atoms with Crippen LogP contribution >= 0.6 is 15.9 Å². The Labute approximate surface area is 114 Å². The molecule has 0 fully saturated rings. The monoisotopic (exact) mass is 314 g/mol. The van der Waals surface area contributed by atoms with E-state index in [1.165, 1.54) is 4.90 Å². The Morgan fingerprint density at radius 2 is 2.11 bits per heavy atom. The van der Waals surface area contributed by atoms with Gasteiger partial charge in [0.15, 0.2) is 0 Å². The van der Waals surface area contributed by atoms with Crippen LogP contribution in [-0.2, 0) is 4.79 Å². The average Bonchev–Trinajstić information content (AvgIpc) is 2.30. The van der Waals surface area contributed by atoms with E-state index in [0.717, 1.165) is 10.0 Å². The van der Waals surface area contributed by atoms with E-state index in [1.54, 1.807) is 13.0 Å². The number of hydrogen-bond acceptors (Lipinski definition) is 2. The number of urea groups is 1. The summed E-state index contributed by atoms with van der Waals surface area (Å²) in [4.78, 5) is 23.6. The summed E-state index contributed by atoms with van der Waals surface area (Å²) in [7, 11) is 0. The molecule has 2 N–H and O–H groups in total. The Balaban J connectivity index is 2.73. The number of benzene rings is 1. The fourth-order valence-electron chi connectivity index (χ4n) is 1.42. The second-order valence-corrected chi connectivity index (χ2v) is 4.66. The summed E-state index contributed by atoms with van der Waals surface area (Å²) in [6.45, 7) is 3.68. The Morgan fingerprint density at radius 3 is 2.61 bits per heavy atom. The first-order valence-electron chi connectivity index (χ1n) is 5.48. The van der Waals surface area contributed by atoms with Crippen molar-refractivity contribution < 1.29 is 14.7 Å². The summed E-state index contributed by atoms with van der Waals surface area (Å²) < 4.78 is 0.957. The van der Waals surface area contributed by atoms with Gasteiger partial charge in [-0.25, -0.2) is 4.79 Å². The maximum absolute atomic E-state index is 11.8. The number of carbonyl (C=O) groups is 2. The molecular weight excluding hydrogens is 300 g/mol. The zero-order valence-electron chi connectivity index (χ0n) is 10.2. The largest absolute Gasteiger partial charge is 0.480 e. The van der Waals surface area contributed by atoms with E-state index in [1.807, 2.05) is 19.1 Å². The molecule has 0 unspecified atom stereocenters. The lowest BCUT2D eigenvalue weighted by molar-refractivity contribution is -0.137. The topological polar surface area (TPSA) is 69.6 Å². The van der Waals surface area contributed by atoms with Gasteiger partial charge in [0.2, 0.25) is 0 Å². The van der Waals surface area contributed by atoms with E-state index >= 15 is 0 Å². The summed E-state index contributed by atoms with van der Waals surface area (Å²) in [5.41, 5.74) is 1.64. The zero-order chi connectivity index (χ0) is 13.7. The SMILES string of the molecule is CCN(CC(=O)O)C(=O)Nc1ccc(Br)c(C)c1. The van der Waals surface area contributed by atoms with Gasteiger partial charge in [-0.1, -0.05) is 15.9 Å². The molecule has 1 rings (SSSR count). The van der Waals surface area contributed by atoms with Crippen molar-refractivity contribution in [3.63, 3.8) is 0 Å². The van der Waals surface area contributed by atoms with Crippen LogP contribution in [0.5, 0.6) is 0 Å². The van der Waals surface area contributed by atoms with Crippen LogP contribution in [0.3, 0.4) is 0 Å². The molecule has 0 radical (unpaired) electrons. The lowest BCUT2D eigenvalue weighted by Crippen LogP contribution is -2.38. The predicted octanol–water partition coefficient (Wildman–Crippen LogP) is 2.70. The lowest BCUT2D eigenvalue weighted by Gasteiger charge is -2.19. The highest BCUT2D eigenvalue weighted by molar-refractivity contribution is 9.10. The fourth-order valence-corrected chi connectivity index (χ4v) is 1.66. The third-order valence-electron chi connectivity index (χ3n) is 2.40. The van der Waals surface area contributed by atoms with E-state index < -0.39 is 12.0 Å². The number of carboxylic acids is 1. The Morgan fingerprint density at radius 1 is 1.44 bits per heavy atom. The summed E-state index contributed by atoms with van der Waals surface area (Å²) in [5.74, 6) is -1.03. The molecule has 5 nitrogen and oxygen atoms in total. The number of hydrogen-bond donors (Lipinski definition) is 2. The van der Waals surface area contributed by atoms with Gasteiger partial charge >= 0.3 is 12.0 Å². The summed E-state index contributed by atoms with van der Waals surface area (Å²) in [5, 5.41) is 11.4. The molecule has 0 aliphatic heterocycles. The van der Waals surface area contributed by atoms with Crippen LogP contribution < -0.4 is 5.32 Å². The number of nitrogens with zero attached hydrogens (tertiary/aromatic N) is 1. The number of aliphatic carboxylic acids is 1. The van der Waals surface area contributed by atoms with E-state index in [0.29, 0.717) is 12.2 Å². The Kier molecular flexibility index (Phi) is 5.15. The van der Waals surface area contributed by atoms with Crippen LogP contribution in [0.1, 0.15) is 12.5 Å². The first-order chi connectivity index (χ1) is 8.43. The number of halogens is 1. The van der Waals surface area contributed by atoms with E-state index in [-0.39, 0.29) is 6.54 Å². The fraction of sp³-hybridized carbons (Fsp3) is 0.333. The van der Waals surface area contributed by atoms with Crippen LogP contribution in [0.4, 0.5) is 10.5 Å². The first-order valence-corrected chi connectivity index (χ1v) is 6.27. The number of anilines is 1. The highest BCUT2D eigenvalue weighted by Gasteiger charge is 2.14. The van der Waals surface area contributed by atoms with E-state index in [9.17, 15) is 9.59 Å². The molecule has 1 aromatic carbocycles. The van der Waals surface area contributed by atoms with Crippen molar-refractivity contribution in [3.8, 4) is 0 Å². The molecule has 6 heteroatoms. The summed E-state index contributed by atoms with van der Waals surface area (Å²) in [6, 6.07) is 4.99.